The van der Waals surface area contributed by atoms with Gasteiger partial charge in [0.1, 0.15) is 0 Å². The molecule has 22 heavy (non-hydrogen) atoms. The van der Waals surface area contributed by atoms with Crippen LogP contribution >= 0.6 is 0 Å². The number of aromatic nitrogens is 2. The second kappa shape index (κ2) is 4.67. The minimum absolute atomic E-state index is 0.304. The summed E-state index contributed by atoms with van der Waals surface area (Å²) in [6, 6.07) is 14.6. The summed E-state index contributed by atoms with van der Waals surface area (Å²) in [6.07, 6.45) is 5.01. The van der Waals surface area contributed by atoms with Gasteiger partial charge in [0, 0.05) is 35.7 Å². The van der Waals surface area contributed by atoms with E-state index in [9.17, 15) is 5.11 Å². The molecule has 0 saturated heterocycles. The molecule has 0 radical (unpaired) electrons. The van der Waals surface area contributed by atoms with Crippen LogP contribution < -0.4 is 0 Å². The molecule has 110 valence electrons. The molecular formula is C19H18N2O. The molecule has 0 atom stereocenters. The van der Waals surface area contributed by atoms with Crippen LogP contribution in [0.25, 0.3) is 27.4 Å². The van der Waals surface area contributed by atoms with E-state index in [1.807, 2.05) is 30.1 Å². The van der Waals surface area contributed by atoms with Crippen LogP contribution in [0.1, 0.15) is 12.5 Å². The van der Waals surface area contributed by atoms with Gasteiger partial charge in [0.05, 0.1) is 5.69 Å². The lowest BCUT2D eigenvalue weighted by Crippen LogP contribution is -1.92. The lowest BCUT2D eigenvalue weighted by atomic mass is 10.1. The molecule has 3 heteroatoms. The number of benzene rings is 2. The highest BCUT2D eigenvalue weighted by molar-refractivity contribution is 5.90. The van der Waals surface area contributed by atoms with Gasteiger partial charge in [-0.25, -0.2) is 0 Å². The van der Waals surface area contributed by atoms with E-state index in [0.717, 1.165) is 28.4 Å². The minimum Gasteiger partial charge on any atom is -0.494 e. The average Bonchev–Trinajstić information content (AvgIpc) is 3.08. The first-order chi connectivity index (χ1) is 10.7. The van der Waals surface area contributed by atoms with Crippen molar-refractivity contribution < 1.29 is 5.11 Å². The summed E-state index contributed by atoms with van der Waals surface area (Å²) in [6.45, 7) is 2.12. The van der Waals surface area contributed by atoms with Crippen LogP contribution in [0.5, 0.6) is 5.88 Å². The molecule has 2 heterocycles. The van der Waals surface area contributed by atoms with E-state index in [1.54, 1.807) is 0 Å². The van der Waals surface area contributed by atoms with E-state index < -0.39 is 0 Å². The van der Waals surface area contributed by atoms with Gasteiger partial charge in [0.2, 0.25) is 5.88 Å². The van der Waals surface area contributed by atoms with Gasteiger partial charge < -0.3 is 9.67 Å². The summed E-state index contributed by atoms with van der Waals surface area (Å²) < 4.78 is 3.95. The van der Waals surface area contributed by atoms with Crippen LogP contribution in [0.3, 0.4) is 0 Å². The third-order valence-corrected chi connectivity index (χ3v) is 4.41. The number of rotatable bonds is 2. The van der Waals surface area contributed by atoms with E-state index in [2.05, 4.69) is 47.9 Å². The predicted molar refractivity (Wildman–Crippen MR) is 90.8 cm³/mol. The summed E-state index contributed by atoms with van der Waals surface area (Å²) >= 11 is 0. The molecule has 0 aliphatic rings. The Kier molecular flexibility index (Phi) is 2.76. The Morgan fingerprint density at radius 1 is 1.00 bits per heavy atom. The van der Waals surface area contributed by atoms with Crippen molar-refractivity contribution >= 4 is 21.7 Å². The predicted octanol–water partition coefficient (Wildman–Crippen LogP) is 4.39. The molecular weight excluding hydrogens is 272 g/mol. The normalized spacial score (nSPS) is 11.5. The second-order valence-electron chi connectivity index (χ2n) is 5.77. The fraction of sp³-hybridized carbons (Fsp3) is 0.158. The zero-order valence-electron chi connectivity index (χ0n) is 12.7. The van der Waals surface area contributed by atoms with Crippen molar-refractivity contribution in [3.05, 3.63) is 60.4 Å². The van der Waals surface area contributed by atoms with Gasteiger partial charge in [-0.2, -0.15) is 0 Å². The molecule has 0 amide bonds. The van der Waals surface area contributed by atoms with Gasteiger partial charge in [-0.3, -0.25) is 4.57 Å². The van der Waals surface area contributed by atoms with Gasteiger partial charge in [-0.15, -0.1) is 0 Å². The van der Waals surface area contributed by atoms with E-state index in [4.69, 9.17) is 0 Å². The fourth-order valence-corrected chi connectivity index (χ4v) is 3.06. The molecule has 0 fully saturated rings. The first kappa shape index (κ1) is 13.0. The second-order valence-corrected chi connectivity index (χ2v) is 5.77. The molecule has 0 spiro atoms. The number of aromatic hydroxyl groups is 1. The third-order valence-electron chi connectivity index (χ3n) is 4.41. The van der Waals surface area contributed by atoms with Crippen LogP contribution in [0.4, 0.5) is 0 Å². The first-order valence-electron chi connectivity index (χ1n) is 7.56. The Bertz CT molecular complexity index is 991. The largest absolute Gasteiger partial charge is 0.494 e. The number of hydrogen-bond acceptors (Lipinski definition) is 1. The van der Waals surface area contributed by atoms with Crippen molar-refractivity contribution in [2.75, 3.05) is 0 Å². The molecule has 0 unspecified atom stereocenters. The van der Waals surface area contributed by atoms with Gasteiger partial charge in [-0.05, 0) is 41.6 Å². The van der Waals surface area contributed by atoms with Crippen LogP contribution in [0.15, 0.2) is 54.9 Å². The summed E-state index contributed by atoms with van der Waals surface area (Å²) in [5.41, 5.74) is 3.36. The van der Waals surface area contributed by atoms with Crippen LogP contribution in [-0.4, -0.2) is 14.2 Å². The van der Waals surface area contributed by atoms with Crippen molar-refractivity contribution in [2.24, 2.45) is 7.05 Å². The molecule has 2 aromatic carbocycles. The van der Waals surface area contributed by atoms with Crippen molar-refractivity contribution in [2.45, 2.75) is 13.3 Å². The van der Waals surface area contributed by atoms with Crippen molar-refractivity contribution in [3.8, 4) is 11.6 Å². The van der Waals surface area contributed by atoms with Crippen LogP contribution in [-0.2, 0) is 13.5 Å². The number of nitrogens with zero attached hydrogens (tertiary/aromatic N) is 2. The lowest BCUT2D eigenvalue weighted by Gasteiger charge is -2.06. The molecule has 0 saturated carbocycles. The maximum Gasteiger partial charge on any atom is 0.203 e. The summed E-state index contributed by atoms with van der Waals surface area (Å²) in [4.78, 5) is 0. The van der Waals surface area contributed by atoms with Gasteiger partial charge >= 0.3 is 0 Å². The Morgan fingerprint density at radius 2 is 1.82 bits per heavy atom. The highest BCUT2D eigenvalue weighted by Crippen LogP contribution is 2.32. The van der Waals surface area contributed by atoms with Crippen molar-refractivity contribution in [3.63, 3.8) is 0 Å². The number of hydrogen-bond donors (Lipinski definition) is 1. The fourth-order valence-electron chi connectivity index (χ4n) is 3.06. The molecule has 0 aliphatic carbocycles. The average molecular weight is 290 g/mol. The van der Waals surface area contributed by atoms with Gasteiger partial charge in [0.15, 0.2) is 0 Å². The SMILES string of the molecule is CCc1ccc2cn(-c3ccc4ccn(C)c4c3)c(O)c2c1. The summed E-state index contributed by atoms with van der Waals surface area (Å²) in [7, 11) is 2.03. The van der Waals surface area contributed by atoms with E-state index in [-0.39, 0.29) is 0 Å². The molecule has 2 aromatic heterocycles. The van der Waals surface area contributed by atoms with Crippen LogP contribution in [0, 0.1) is 0 Å². The molecule has 4 rings (SSSR count). The smallest absolute Gasteiger partial charge is 0.203 e. The maximum absolute atomic E-state index is 10.6. The Hall–Kier alpha value is -2.68. The molecule has 0 bridgehead atoms. The monoisotopic (exact) mass is 290 g/mol. The highest BCUT2D eigenvalue weighted by Gasteiger charge is 2.11. The quantitative estimate of drug-likeness (QED) is 0.583. The molecule has 4 aromatic rings. The Balaban J connectivity index is 1.95. The van der Waals surface area contributed by atoms with Gasteiger partial charge in [0.25, 0.3) is 0 Å². The maximum atomic E-state index is 10.6. The van der Waals surface area contributed by atoms with Crippen molar-refractivity contribution in [1.29, 1.82) is 0 Å². The van der Waals surface area contributed by atoms with Gasteiger partial charge in [-0.1, -0.05) is 25.1 Å². The molecule has 0 aliphatic heterocycles. The Morgan fingerprint density at radius 3 is 2.64 bits per heavy atom. The summed E-state index contributed by atoms with van der Waals surface area (Å²) in [5.74, 6) is 0.304. The third kappa shape index (κ3) is 1.82. The number of aryl methyl sites for hydroxylation is 2. The zero-order chi connectivity index (χ0) is 15.3. The first-order valence-corrected chi connectivity index (χ1v) is 7.56. The standard InChI is InChI=1S/C19H18N2O/c1-3-13-4-5-15-12-21(19(22)17(15)10-13)16-7-6-14-8-9-20(2)18(14)11-16/h4-12,22H,3H2,1-2H3. The van der Waals surface area contributed by atoms with E-state index in [1.165, 1.54) is 10.9 Å². The summed E-state index contributed by atoms with van der Waals surface area (Å²) in [5, 5.41) is 13.8. The van der Waals surface area contributed by atoms with Crippen LogP contribution in [0.2, 0.25) is 0 Å². The molecule has 1 N–H and O–H groups in total. The van der Waals surface area contributed by atoms with Crippen molar-refractivity contribution in [1.82, 2.24) is 9.13 Å². The Labute approximate surface area is 129 Å². The van der Waals surface area contributed by atoms with E-state index in [0.29, 0.717) is 5.88 Å². The topological polar surface area (TPSA) is 30.1 Å². The highest BCUT2D eigenvalue weighted by atomic mass is 16.3. The number of fused-ring (bicyclic) bond motifs is 2. The minimum atomic E-state index is 0.304. The molecule has 3 nitrogen and oxygen atoms in total. The van der Waals surface area contributed by atoms with E-state index >= 15 is 0 Å². The zero-order valence-corrected chi connectivity index (χ0v) is 12.7. The lowest BCUT2D eigenvalue weighted by molar-refractivity contribution is 0.448.